The molecular weight excluding hydrogens is 371 g/mol. The zero-order valence-electron chi connectivity index (χ0n) is 14.3. The van der Waals surface area contributed by atoms with E-state index in [0.29, 0.717) is 22.3 Å². The molecule has 2 aliphatic rings. The highest BCUT2D eigenvalue weighted by molar-refractivity contribution is 6.35. The second kappa shape index (κ2) is 6.29. The van der Waals surface area contributed by atoms with Gasteiger partial charge in [-0.1, -0.05) is 53.5 Å². The third kappa shape index (κ3) is 2.51. The molecule has 2 aromatic carbocycles. The minimum Gasteiger partial charge on any atom is -0.309 e. The monoisotopic (exact) mass is 388 g/mol. The van der Waals surface area contributed by atoms with Gasteiger partial charge in [0, 0.05) is 22.5 Å². The van der Waals surface area contributed by atoms with Crippen LogP contribution in [0.2, 0.25) is 10.0 Å². The number of urea groups is 1. The third-order valence-electron chi connectivity index (χ3n) is 5.48. The van der Waals surface area contributed by atoms with Crippen LogP contribution >= 0.6 is 23.2 Å². The molecule has 0 spiro atoms. The average Bonchev–Trinajstić information content (AvgIpc) is 2.81. The topological polar surface area (TPSA) is 40.6 Å². The van der Waals surface area contributed by atoms with Gasteiger partial charge in [0.15, 0.2) is 0 Å². The molecule has 3 amide bonds. The Labute approximate surface area is 162 Å². The number of benzene rings is 2. The lowest BCUT2D eigenvalue weighted by Crippen LogP contribution is -2.54. The SMILES string of the molecule is C[C@@]12C(=O)N(c3cc(Cl)cc(Cl)c3)C(=O)N1CCC[C@@H]2c1ccccc1. The highest BCUT2D eigenvalue weighted by atomic mass is 35.5. The Balaban J connectivity index is 1.81. The standard InChI is InChI=1S/C20H18Cl2N2O2/c1-20-17(13-6-3-2-4-7-13)8-5-9-23(20)19(26)24(18(20)25)16-11-14(21)10-15(22)12-16/h2-4,6-7,10-12,17H,5,8-9H2,1H3/t17-,20-/m1/s1. The van der Waals surface area contributed by atoms with E-state index in [1.807, 2.05) is 37.3 Å². The van der Waals surface area contributed by atoms with Crippen molar-refractivity contribution in [2.45, 2.75) is 31.2 Å². The van der Waals surface area contributed by atoms with Crippen molar-refractivity contribution in [3.63, 3.8) is 0 Å². The first-order valence-electron chi connectivity index (χ1n) is 8.60. The van der Waals surface area contributed by atoms with Crippen molar-refractivity contribution >= 4 is 40.8 Å². The van der Waals surface area contributed by atoms with Crippen LogP contribution in [0.15, 0.2) is 48.5 Å². The summed E-state index contributed by atoms with van der Waals surface area (Å²) < 4.78 is 0. The number of fused-ring (bicyclic) bond motifs is 1. The largest absolute Gasteiger partial charge is 0.332 e. The summed E-state index contributed by atoms with van der Waals surface area (Å²) in [6, 6.07) is 14.4. The molecule has 2 heterocycles. The van der Waals surface area contributed by atoms with Crippen LogP contribution in [-0.2, 0) is 4.79 Å². The molecular formula is C20H18Cl2N2O2. The second-order valence-corrected chi connectivity index (χ2v) is 7.83. The van der Waals surface area contributed by atoms with Crippen LogP contribution < -0.4 is 4.90 Å². The minimum atomic E-state index is -0.911. The van der Waals surface area contributed by atoms with Crippen molar-refractivity contribution in [2.75, 3.05) is 11.4 Å². The fourth-order valence-corrected chi connectivity index (χ4v) is 4.73. The Kier molecular flexibility index (Phi) is 4.20. The van der Waals surface area contributed by atoms with Crippen LogP contribution in [0.4, 0.5) is 10.5 Å². The van der Waals surface area contributed by atoms with Crippen LogP contribution in [0.5, 0.6) is 0 Å². The summed E-state index contributed by atoms with van der Waals surface area (Å²) in [6.07, 6.45) is 1.72. The summed E-state index contributed by atoms with van der Waals surface area (Å²) in [5.41, 5.74) is 0.581. The van der Waals surface area contributed by atoms with Gasteiger partial charge in [0.05, 0.1) is 5.69 Å². The molecule has 0 unspecified atom stereocenters. The number of anilines is 1. The van der Waals surface area contributed by atoms with E-state index < -0.39 is 5.54 Å². The Morgan fingerprint density at radius 3 is 2.35 bits per heavy atom. The quantitative estimate of drug-likeness (QED) is 0.671. The molecule has 4 nitrogen and oxygen atoms in total. The fourth-order valence-electron chi connectivity index (χ4n) is 4.22. The van der Waals surface area contributed by atoms with E-state index in [2.05, 4.69) is 0 Å². The molecule has 2 saturated heterocycles. The summed E-state index contributed by atoms with van der Waals surface area (Å²) in [7, 11) is 0. The lowest BCUT2D eigenvalue weighted by atomic mass is 9.74. The maximum absolute atomic E-state index is 13.5. The maximum atomic E-state index is 13.5. The number of carbonyl (C=O) groups excluding carboxylic acids is 2. The molecule has 2 aliphatic heterocycles. The van der Waals surface area contributed by atoms with Crippen molar-refractivity contribution in [3.05, 3.63) is 64.1 Å². The summed E-state index contributed by atoms with van der Waals surface area (Å²) in [4.78, 5) is 29.5. The molecule has 2 fully saturated rings. The van der Waals surface area contributed by atoms with Crippen LogP contribution in [0, 0.1) is 0 Å². The van der Waals surface area contributed by atoms with Crippen molar-refractivity contribution in [1.29, 1.82) is 0 Å². The highest BCUT2D eigenvalue weighted by Gasteiger charge is 2.60. The maximum Gasteiger partial charge on any atom is 0.332 e. The van der Waals surface area contributed by atoms with Crippen molar-refractivity contribution in [2.24, 2.45) is 0 Å². The normalized spacial score (nSPS) is 25.6. The van der Waals surface area contributed by atoms with Crippen LogP contribution in [0.1, 0.15) is 31.2 Å². The van der Waals surface area contributed by atoms with E-state index in [1.54, 1.807) is 23.1 Å². The first-order valence-corrected chi connectivity index (χ1v) is 9.35. The predicted octanol–water partition coefficient (Wildman–Crippen LogP) is 5.10. The first-order chi connectivity index (χ1) is 12.4. The molecule has 0 radical (unpaired) electrons. The van der Waals surface area contributed by atoms with Gasteiger partial charge in [-0.25, -0.2) is 9.69 Å². The van der Waals surface area contributed by atoms with Gasteiger partial charge >= 0.3 is 6.03 Å². The van der Waals surface area contributed by atoms with Gasteiger partial charge in [-0.05, 0) is 43.5 Å². The number of halogens is 2. The van der Waals surface area contributed by atoms with Crippen molar-refractivity contribution in [1.82, 2.24) is 4.90 Å². The first kappa shape index (κ1) is 17.4. The van der Waals surface area contributed by atoms with Gasteiger partial charge in [0.2, 0.25) is 0 Å². The number of piperidine rings is 1. The Morgan fingerprint density at radius 2 is 1.69 bits per heavy atom. The summed E-state index contributed by atoms with van der Waals surface area (Å²) in [5, 5.41) is 0.783. The molecule has 2 aromatic rings. The number of rotatable bonds is 2. The van der Waals surface area contributed by atoms with Crippen molar-refractivity contribution < 1.29 is 9.59 Å². The van der Waals surface area contributed by atoms with Gasteiger partial charge in [-0.2, -0.15) is 0 Å². The molecule has 0 aliphatic carbocycles. The van der Waals surface area contributed by atoms with Gasteiger partial charge in [-0.15, -0.1) is 0 Å². The van der Waals surface area contributed by atoms with Crippen LogP contribution in [0.3, 0.4) is 0 Å². The van der Waals surface area contributed by atoms with E-state index in [4.69, 9.17) is 23.2 Å². The van der Waals surface area contributed by atoms with Crippen molar-refractivity contribution in [3.8, 4) is 0 Å². The number of imide groups is 1. The molecule has 26 heavy (non-hydrogen) atoms. The van der Waals surface area contributed by atoms with E-state index in [9.17, 15) is 9.59 Å². The Bertz CT molecular complexity index is 866. The van der Waals surface area contributed by atoms with E-state index in [-0.39, 0.29) is 17.9 Å². The number of carbonyl (C=O) groups is 2. The van der Waals surface area contributed by atoms with Gasteiger partial charge in [0.1, 0.15) is 5.54 Å². The molecule has 0 N–H and O–H groups in total. The molecule has 2 atom stereocenters. The van der Waals surface area contributed by atoms with Crippen LogP contribution in [-0.4, -0.2) is 28.9 Å². The minimum absolute atomic E-state index is 0.0476. The number of hydrogen-bond acceptors (Lipinski definition) is 2. The molecule has 134 valence electrons. The zero-order chi connectivity index (χ0) is 18.5. The van der Waals surface area contributed by atoms with E-state index in [1.165, 1.54) is 4.90 Å². The summed E-state index contributed by atoms with van der Waals surface area (Å²) in [6.45, 7) is 2.44. The lowest BCUT2D eigenvalue weighted by Gasteiger charge is -2.43. The zero-order valence-corrected chi connectivity index (χ0v) is 15.8. The van der Waals surface area contributed by atoms with Gasteiger partial charge in [-0.3, -0.25) is 4.79 Å². The molecule has 0 bridgehead atoms. The summed E-state index contributed by atoms with van der Waals surface area (Å²) >= 11 is 12.2. The fraction of sp³-hybridized carbons (Fsp3) is 0.300. The highest BCUT2D eigenvalue weighted by Crippen LogP contribution is 2.47. The predicted molar refractivity (Wildman–Crippen MR) is 103 cm³/mol. The third-order valence-corrected chi connectivity index (χ3v) is 5.92. The Hall–Kier alpha value is -2.04. The molecule has 4 rings (SSSR count). The lowest BCUT2D eigenvalue weighted by molar-refractivity contribution is -0.126. The number of nitrogens with zero attached hydrogens (tertiary/aromatic N) is 2. The molecule has 0 saturated carbocycles. The van der Waals surface area contributed by atoms with Crippen LogP contribution in [0.25, 0.3) is 0 Å². The molecule has 6 heteroatoms. The molecule has 0 aromatic heterocycles. The second-order valence-electron chi connectivity index (χ2n) is 6.96. The van der Waals surface area contributed by atoms with Gasteiger partial charge in [0.25, 0.3) is 5.91 Å². The Morgan fingerprint density at radius 1 is 1.04 bits per heavy atom. The van der Waals surface area contributed by atoms with Gasteiger partial charge < -0.3 is 4.90 Å². The van der Waals surface area contributed by atoms with E-state index in [0.717, 1.165) is 18.4 Å². The number of hydrogen-bond donors (Lipinski definition) is 0. The average molecular weight is 389 g/mol. The van der Waals surface area contributed by atoms with E-state index >= 15 is 0 Å². The number of amides is 3. The summed E-state index contributed by atoms with van der Waals surface area (Å²) in [5.74, 6) is -0.275. The smallest absolute Gasteiger partial charge is 0.309 e.